The third kappa shape index (κ3) is 4.96. The van der Waals surface area contributed by atoms with E-state index in [1.807, 2.05) is 6.07 Å². The molecule has 0 atom stereocenters. The number of aromatic nitrogens is 5. The minimum atomic E-state index is -1.07. The molecule has 0 saturated heterocycles. The highest BCUT2D eigenvalue weighted by Crippen LogP contribution is 2.24. The molecule has 3 aromatic heterocycles. The molecule has 0 saturated carbocycles. The summed E-state index contributed by atoms with van der Waals surface area (Å²) in [4.78, 5) is 24.9. The smallest absolute Gasteiger partial charge is 0.328 e. The average Bonchev–Trinajstić information content (AvgIpc) is 3.18. The lowest BCUT2D eigenvalue weighted by atomic mass is 10.1. The molecule has 1 aromatic carbocycles. The first kappa shape index (κ1) is 21.9. The van der Waals surface area contributed by atoms with Crippen molar-refractivity contribution in [2.75, 3.05) is 0 Å². The van der Waals surface area contributed by atoms with Gasteiger partial charge in [0.15, 0.2) is 5.65 Å². The average molecular weight is 481 g/mol. The molecule has 0 aliphatic carbocycles. The number of imidazole rings is 2. The molecule has 0 radical (unpaired) electrons. The van der Waals surface area contributed by atoms with Crippen LogP contribution in [0.1, 0.15) is 30.9 Å². The highest BCUT2D eigenvalue weighted by atomic mass is 35.5. The van der Waals surface area contributed by atoms with E-state index in [9.17, 15) is 9.90 Å². The van der Waals surface area contributed by atoms with Crippen LogP contribution in [0.5, 0.6) is 0 Å². The van der Waals surface area contributed by atoms with Gasteiger partial charge >= 0.3 is 5.69 Å². The van der Waals surface area contributed by atoms with Gasteiger partial charge in [-0.2, -0.15) is 0 Å². The van der Waals surface area contributed by atoms with Gasteiger partial charge in [0.1, 0.15) is 11.0 Å². The Labute approximate surface area is 193 Å². The molecular weight excluding hydrogens is 461 g/mol. The minimum absolute atomic E-state index is 0.136. The number of nitrogens with one attached hydrogen (secondary N) is 1. The van der Waals surface area contributed by atoms with Crippen LogP contribution in [0, 0.1) is 0 Å². The van der Waals surface area contributed by atoms with Crippen molar-refractivity contribution in [3.8, 4) is 0 Å². The molecule has 31 heavy (non-hydrogen) atoms. The van der Waals surface area contributed by atoms with Crippen LogP contribution in [0.3, 0.4) is 0 Å². The van der Waals surface area contributed by atoms with E-state index in [0.29, 0.717) is 38.8 Å². The van der Waals surface area contributed by atoms with Gasteiger partial charge in [-0.05, 0) is 43.7 Å². The number of benzene rings is 1. The second kappa shape index (κ2) is 8.31. The Hall–Kier alpha value is -2.32. The van der Waals surface area contributed by atoms with Crippen LogP contribution in [0.2, 0.25) is 15.2 Å². The maximum Gasteiger partial charge on any atom is 0.328 e. The van der Waals surface area contributed by atoms with Crippen molar-refractivity contribution in [1.82, 2.24) is 24.1 Å². The van der Waals surface area contributed by atoms with Gasteiger partial charge in [0, 0.05) is 28.4 Å². The minimum Gasteiger partial charge on any atom is -0.389 e. The molecule has 10 heteroatoms. The van der Waals surface area contributed by atoms with Gasteiger partial charge in [0.05, 0.1) is 24.2 Å². The third-order valence-electron chi connectivity index (χ3n) is 4.74. The Balaban J connectivity index is 1.72. The number of fused-ring (bicyclic) bond motifs is 1. The summed E-state index contributed by atoms with van der Waals surface area (Å²) in [5, 5.41) is 11.8. The summed E-state index contributed by atoms with van der Waals surface area (Å²) in [6.07, 6.45) is 2.16. The van der Waals surface area contributed by atoms with Crippen LogP contribution in [0.4, 0.5) is 0 Å². The number of nitrogens with zero attached hydrogens (tertiary/aromatic N) is 4. The maximum atomic E-state index is 13.2. The van der Waals surface area contributed by atoms with Gasteiger partial charge in [0.2, 0.25) is 0 Å². The number of hydrogen-bond acceptors (Lipinski definition) is 4. The Kier molecular flexibility index (Phi) is 5.87. The summed E-state index contributed by atoms with van der Waals surface area (Å²) in [7, 11) is 0. The molecule has 0 amide bonds. The van der Waals surface area contributed by atoms with Crippen LogP contribution in [-0.4, -0.2) is 34.8 Å². The second-order valence-corrected chi connectivity index (χ2v) is 9.26. The number of rotatable bonds is 6. The van der Waals surface area contributed by atoms with E-state index in [0.717, 1.165) is 11.1 Å². The molecule has 4 rings (SSSR count). The number of pyridine rings is 1. The van der Waals surface area contributed by atoms with E-state index in [-0.39, 0.29) is 18.8 Å². The maximum absolute atomic E-state index is 13.2. The summed E-state index contributed by atoms with van der Waals surface area (Å²) < 4.78 is 3.10. The standard InChI is InChI=1S/C21H20Cl3N5O2/c1-21(2,31)11-29-14(7-12-3-4-13(22)8-15(12)23)9-28(20(29)30)10-18-25-16-5-6-17(24)26-19(16)27-18/h3-6,8-9,31H,7,10-11H2,1-2H3,(H,25,26,27). The Morgan fingerprint density at radius 2 is 1.90 bits per heavy atom. The van der Waals surface area contributed by atoms with Crippen molar-refractivity contribution in [3.63, 3.8) is 0 Å². The topological polar surface area (TPSA) is 88.7 Å². The van der Waals surface area contributed by atoms with Gasteiger partial charge < -0.3 is 10.1 Å². The number of aliphatic hydroxyl groups is 1. The predicted octanol–water partition coefficient (Wildman–Crippen LogP) is 4.29. The molecule has 4 aromatic rings. The second-order valence-electron chi connectivity index (χ2n) is 8.03. The zero-order valence-electron chi connectivity index (χ0n) is 16.9. The van der Waals surface area contributed by atoms with E-state index in [1.165, 1.54) is 0 Å². The van der Waals surface area contributed by atoms with E-state index in [1.54, 1.807) is 53.4 Å². The monoisotopic (exact) mass is 479 g/mol. The Morgan fingerprint density at radius 3 is 2.61 bits per heavy atom. The Morgan fingerprint density at radius 1 is 1.13 bits per heavy atom. The van der Waals surface area contributed by atoms with Gasteiger partial charge in [-0.15, -0.1) is 0 Å². The molecule has 0 fully saturated rings. The van der Waals surface area contributed by atoms with E-state index in [4.69, 9.17) is 34.8 Å². The van der Waals surface area contributed by atoms with Crippen molar-refractivity contribution in [1.29, 1.82) is 0 Å². The summed E-state index contributed by atoms with van der Waals surface area (Å²) in [5.41, 5.74) is 1.43. The molecule has 3 heterocycles. The zero-order chi connectivity index (χ0) is 22.3. The fourth-order valence-electron chi connectivity index (χ4n) is 3.41. The number of aromatic amines is 1. The van der Waals surface area contributed by atoms with Crippen LogP contribution in [-0.2, 0) is 19.5 Å². The van der Waals surface area contributed by atoms with E-state index < -0.39 is 5.60 Å². The summed E-state index contributed by atoms with van der Waals surface area (Å²) in [5.74, 6) is 0.573. The van der Waals surface area contributed by atoms with Crippen molar-refractivity contribution in [3.05, 3.63) is 79.3 Å². The quantitative estimate of drug-likeness (QED) is 0.403. The molecule has 0 unspecified atom stereocenters. The lowest BCUT2D eigenvalue weighted by Gasteiger charge is -2.19. The van der Waals surface area contributed by atoms with Crippen molar-refractivity contribution in [2.45, 2.75) is 39.0 Å². The molecule has 0 spiro atoms. The fraction of sp³-hybridized carbons (Fsp3) is 0.286. The first-order valence-corrected chi connectivity index (χ1v) is 10.7. The van der Waals surface area contributed by atoms with Crippen LogP contribution in [0.25, 0.3) is 11.2 Å². The lowest BCUT2D eigenvalue weighted by molar-refractivity contribution is 0.0596. The third-order valence-corrected chi connectivity index (χ3v) is 5.54. The number of H-pyrrole nitrogens is 1. The van der Waals surface area contributed by atoms with Crippen molar-refractivity contribution < 1.29 is 5.11 Å². The first-order valence-electron chi connectivity index (χ1n) is 9.55. The summed E-state index contributed by atoms with van der Waals surface area (Å²) in [6.45, 7) is 3.67. The van der Waals surface area contributed by atoms with Gasteiger partial charge in [-0.3, -0.25) is 9.13 Å². The summed E-state index contributed by atoms with van der Waals surface area (Å²) >= 11 is 18.3. The first-order chi connectivity index (χ1) is 14.6. The largest absolute Gasteiger partial charge is 0.389 e. The van der Waals surface area contributed by atoms with E-state index in [2.05, 4.69) is 15.0 Å². The Bertz CT molecular complexity index is 1320. The molecule has 2 N–H and O–H groups in total. The van der Waals surface area contributed by atoms with Crippen LogP contribution >= 0.6 is 34.8 Å². The number of halogens is 3. The van der Waals surface area contributed by atoms with Crippen molar-refractivity contribution in [2.24, 2.45) is 0 Å². The zero-order valence-corrected chi connectivity index (χ0v) is 19.1. The highest BCUT2D eigenvalue weighted by molar-refractivity contribution is 6.35. The van der Waals surface area contributed by atoms with Crippen LogP contribution < -0.4 is 5.69 Å². The highest BCUT2D eigenvalue weighted by Gasteiger charge is 2.21. The fourth-order valence-corrected chi connectivity index (χ4v) is 4.03. The lowest BCUT2D eigenvalue weighted by Crippen LogP contribution is -2.34. The van der Waals surface area contributed by atoms with Crippen molar-refractivity contribution >= 4 is 46.0 Å². The molecule has 0 aliphatic rings. The normalized spacial score (nSPS) is 12.1. The van der Waals surface area contributed by atoms with E-state index >= 15 is 0 Å². The molecule has 7 nitrogen and oxygen atoms in total. The molecule has 162 valence electrons. The summed E-state index contributed by atoms with van der Waals surface area (Å²) in [6, 6.07) is 8.71. The predicted molar refractivity (Wildman–Crippen MR) is 122 cm³/mol. The molecule has 0 bridgehead atoms. The number of hydrogen-bond donors (Lipinski definition) is 2. The van der Waals surface area contributed by atoms with Gasteiger partial charge in [-0.25, -0.2) is 14.8 Å². The SMILES string of the molecule is CC(C)(O)Cn1c(Cc2ccc(Cl)cc2Cl)cn(Cc2nc3nc(Cl)ccc3[nH]2)c1=O. The van der Waals surface area contributed by atoms with Gasteiger partial charge in [-0.1, -0.05) is 40.9 Å². The van der Waals surface area contributed by atoms with Crippen LogP contribution in [0.15, 0.2) is 41.3 Å². The van der Waals surface area contributed by atoms with Gasteiger partial charge in [0.25, 0.3) is 0 Å². The molecule has 0 aliphatic heterocycles. The molecular formula is C21H20Cl3N5O2.